The number of benzene rings is 2. The molecule has 0 radical (unpaired) electrons. The molecule has 0 saturated heterocycles. The standard InChI is InChI=1S/C28H25ClF4N6O2/c1-4-38-23(14-41-13-16-8-6-5-7-9-16)37-39(27(38)40)22-11-18-17(15(2)3)10-21(34-20(18)12-19(22)30)24-25(28(31,32)33)35-36-26(24)29/h5-12,15H,4,13-14H2,1-3H3,(H,35,36). The van der Waals surface area contributed by atoms with Gasteiger partial charge >= 0.3 is 11.9 Å². The first-order valence-electron chi connectivity index (χ1n) is 12.8. The van der Waals surface area contributed by atoms with Crippen LogP contribution in [0.25, 0.3) is 27.8 Å². The summed E-state index contributed by atoms with van der Waals surface area (Å²) in [7, 11) is 0. The van der Waals surface area contributed by atoms with Crippen LogP contribution in [-0.2, 0) is 30.7 Å². The molecule has 0 unspecified atom stereocenters. The molecule has 13 heteroatoms. The van der Waals surface area contributed by atoms with Gasteiger partial charge in [-0.1, -0.05) is 55.8 Å². The van der Waals surface area contributed by atoms with E-state index < -0.39 is 28.9 Å². The lowest BCUT2D eigenvalue weighted by molar-refractivity contribution is -0.140. The fourth-order valence-electron chi connectivity index (χ4n) is 4.64. The number of hydrogen-bond acceptors (Lipinski definition) is 5. The molecule has 0 aliphatic carbocycles. The first-order valence-corrected chi connectivity index (χ1v) is 13.1. The monoisotopic (exact) mass is 588 g/mol. The molecule has 41 heavy (non-hydrogen) atoms. The van der Waals surface area contributed by atoms with Gasteiger partial charge in [-0.3, -0.25) is 9.67 Å². The minimum atomic E-state index is -4.79. The quantitative estimate of drug-likeness (QED) is 0.205. The third-order valence-corrected chi connectivity index (χ3v) is 6.88. The predicted molar refractivity (Wildman–Crippen MR) is 145 cm³/mol. The van der Waals surface area contributed by atoms with Gasteiger partial charge in [0, 0.05) is 18.0 Å². The zero-order chi connectivity index (χ0) is 29.5. The minimum Gasteiger partial charge on any atom is -0.369 e. The van der Waals surface area contributed by atoms with Gasteiger partial charge in [0.2, 0.25) is 0 Å². The average Bonchev–Trinajstić information content (AvgIpc) is 3.47. The van der Waals surface area contributed by atoms with Crippen LogP contribution < -0.4 is 5.69 Å². The fourth-order valence-corrected chi connectivity index (χ4v) is 4.87. The Bertz CT molecular complexity index is 1780. The van der Waals surface area contributed by atoms with Gasteiger partial charge in [-0.2, -0.15) is 23.0 Å². The van der Waals surface area contributed by atoms with E-state index in [-0.39, 0.29) is 41.1 Å². The first kappa shape index (κ1) is 28.5. The lowest BCUT2D eigenvalue weighted by Crippen LogP contribution is -2.24. The number of ether oxygens (including phenoxy) is 1. The van der Waals surface area contributed by atoms with Crippen molar-refractivity contribution < 1.29 is 22.3 Å². The lowest BCUT2D eigenvalue weighted by atomic mass is 9.96. The van der Waals surface area contributed by atoms with Crippen LogP contribution in [0.15, 0.2) is 53.3 Å². The van der Waals surface area contributed by atoms with E-state index in [9.17, 15) is 18.0 Å². The molecule has 0 saturated carbocycles. The SMILES string of the molecule is CCn1c(COCc2ccccc2)nn(-c2cc3c(C(C)C)cc(-c4c(C(F)(F)F)n[nH]c4Cl)nc3cc2F)c1=O. The molecular weight excluding hydrogens is 564 g/mol. The van der Waals surface area contributed by atoms with E-state index in [0.29, 0.717) is 23.4 Å². The highest BCUT2D eigenvalue weighted by molar-refractivity contribution is 6.32. The summed E-state index contributed by atoms with van der Waals surface area (Å²) < 4.78 is 64.5. The van der Waals surface area contributed by atoms with Crippen molar-refractivity contribution in [2.75, 3.05) is 0 Å². The lowest BCUT2D eigenvalue weighted by Gasteiger charge is -2.15. The maximum absolute atomic E-state index is 15.6. The van der Waals surface area contributed by atoms with E-state index in [2.05, 4.69) is 20.3 Å². The normalized spacial score (nSPS) is 12.1. The second-order valence-electron chi connectivity index (χ2n) is 9.66. The van der Waals surface area contributed by atoms with Crippen molar-refractivity contribution in [1.29, 1.82) is 0 Å². The average molecular weight is 589 g/mol. The Labute approximate surface area is 236 Å². The molecule has 214 valence electrons. The Morgan fingerprint density at radius 3 is 2.49 bits per heavy atom. The number of pyridine rings is 1. The Morgan fingerprint density at radius 2 is 1.83 bits per heavy atom. The van der Waals surface area contributed by atoms with Crippen molar-refractivity contribution in [3.63, 3.8) is 0 Å². The fraction of sp³-hybridized carbons (Fsp3) is 0.286. The smallest absolute Gasteiger partial charge is 0.369 e. The zero-order valence-electron chi connectivity index (χ0n) is 22.3. The van der Waals surface area contributed by atoms with E-state index >= 15 is 4.39 Å². The molecule has 8 nitrogen and oxygen atoms in total. The summed E-state index contributed by atoms with van der Waals surface area (Å²) in [6.45, 7) is 6.05. The third-order valence-electron chi connectivity index (χ3n) is 6.60. The number of nitrogens with one attached hydrogen (secondary N) is 1. The van der Waals surface area contributed by atoms with Gasteiger partial charge in [0.05, 0.1) is 23.4 Å². The van der Waals surface area contributed by atoms with Crippen LogP contribution in [0.4, 0.5) is 17.6 Å². The Hall–Kier alpha value is -4.03. The molecule has 0 atom stereocenters. The highest BCUT2D eigenvalue weighted by Crippen LogP contribution is 2.40. The largest absolute Gasteiger partial charge is 0.435 e. The number of aromatic nitrogens is 6. The van der Waals surface area contributed by atoms with E-state index in [0.717, 1.165) is 16.3 Å². The summed E-state index contributed by atoms with van der Waals surface area (Å²) in [5.41, 5.74) is -0.814. The van der Waals surface area contributed by atoms with Gasteiger partial charge in [0.25, 0.3) is 0 Å². The summed E-state index contributed by atoms with van der Waals surface area (Å²) in [5.74, 6) is -0.713. The van der Waals surface area contributed by atoms with E-state index in [1.807, 2.05) is 44.2 Å². The topological polar surface area (TPSA) is 90.6 Å². The molecule has 5 rings (SSSR count). The van der Waals surface area contributed by atoms with Crippen molar-refractivity contribution >= 4 is 22.5 Å². The first-order chi connectivity index (χ1) is 19.5. The number of alkyl halides is 3. The van der Waals surface area contributed by atoms with Gasteiger partial charge in [0.1, 0.15) is 17.4 Å². The van der Waals surface area contributed by atoms with Crippen molar-refractivity contribution in [3.8, 4) is 16.9 Å². The number of H-pyrrole nitrogens is 1. The van der Waals surface area contributed by atoms with E-state index in [1.165, 1.54) is 16.7 Å². The van der Waals surface area contributed by atoms with Gasteiger partial charge in [-0.05, 0) is 36.1 Å². The predicted octanol–water partition coefficient (Wildman–Crippen LogP) is 6.64. The highest BCUT2D eigenvalue weighted by atomic mass is 35.5. The summed E-state index contributed by atoms with van der Waals surface area (Å²) in [6.07, 6.45) is -4.79. The van der Waals surface area contributed by atoms with Crippen LogP contribution in [0.1, 0.15) is 49.3 Å². The molecule has 0 aliphatic rings. The highest BCUT2D eigenvalue weighted by Gasteiger charge is 2.39. The van der Waals surface area contributed by atoms with Crippen molar-refractivity contribution in [3.05, 3.63) is 92.6 Å². The Kier molecular flexibility index (Phi) is 7.71. The molecule has 1 N–H and O–H groups in total. The summed E-state index contributed by atoms with van der Waals surface area (Å²) in [4.78, 5) is 17.5. The van der Waals surface area contributed by atoms with Crippen LogP contribution in [0.5, 0.6) is 0 Å². The van der Waals surface area contributed by atoms with Crippen molar-refractivity contribution in [2.24, 2.45) is 0 Å². The summed E-state index contributed by atoms with van der Waals surface area (Å²) >= 11 is 6.03. The number of aromatic amines is 1. The van der Waals surface area contributed by atoms with Gasteiger partial charge < -0.3 is 4.74 Å². The molecule has 0 aliphatic heterocycles. The second kappa shape index (κ2) is 11.1. The Balaban J connectivity index is 1.58. The van der Waals surface area contributed by atoms with Gasteiger partial charge in [-0.15, -0.1) is 5.10 Å². The maximum Gasteiger partial charge on any atom is 0.435 e. The molecular formula is C28H25ClF4N6O2. The van der Waals surface area contributed by atoms with Gasteiger partial charge in [0.15, 0.2) is 17.3 Å². The number of halogens is 5. The number of hydrogen-bond donors (Lipinski definition) is 1. The molecule has 0 amide bonds. The van der Waals surface area contributed by atoms with Crippen LogP contribution >= 0.6 is 11.6 Å². The number of fused-ring (bicyclic) bond motifs is 1. The van der Waals surface area contributed by atoms with E-state index in [4.69, 9.17) is 16.3 Å². The van der Waals surface area contributed by atoms with Crippen molar-refractivity contribution in [2.45, 2.75) is 52.6 Å². The molecule has 2 aromatic carbocycles. The second-order valence-corrected chi connectivity index (χ2v) is 10.0. The summed E-state index contributed by atoms with van der Waals surface area (Å²) in [5, 5.41) is 9.92. The van der Waals surface area contributed by atoms with E-state index in [1.54, 1.807) is 6.92 Å². The summed E-state index contributed by atoms with van der Waals surface area (Å²) in [6, 6.07) is 13.5. The third kappa shape index (κ3) is 5.49. The molecule has 0 spiro atoms. The Morgan fingerprint density at radius 1 is 1.10 bits per heavy atom. The minimum absolute atomic E-state index is 0.0231. The molecule has 3 aromatic heterocycles. The van der Waals surface area contributed by atoms with Crippen LogP contribution in [0, 0.1) is 5.82 Å². The molecule has 0 bridgehead atoms. The molecule has 3 heterocycles. The molecule has 5 aromatic rings. The van der Waals surface area contributed by atoms with Crippen LogP contribution in [0.3, 0.4) is 0 Å². The van der Waals surface area contributed by atoms with Crippen molar-refractivity contribution in [1.82, 2.24) is 29.5 Å². The van der Waals surface area contributed by atoms with Crippen LogP contribution in [-0.4, -0.2) is 29.5 Å². The maximum atomic E-state index is 15.6. The van der Waals surface area contributed by atoms with Gasteiger partial charge in [-0.25, -0.2) is 14.2 Å². The zero-order valence-corrected chi connectivity index (χ0v) is 23.0. The number of rotatable bonds is 8. The molecule has 0 fully saturated rings. The van der Waals surface area contributed by atoms with Crippen LogP contribution in [0.2, 0.25) is 5.15 Å². The number of nitrogens with zero attached hydrogens (tertiary/aromatic N) is 5.